The Labute approximate surface area is 318 Å². The van der Waals surface area contributed by atoms with Gasteiger partial charge in [0, 0.05) is 23.7 Å². The first-order valence-corrected chi connectivity index (χ1v) is 20.5. The zero-order chi connectivity index (χ0) is 38.6. The van der Waals surface area contributed by atoms with Crippen molar-refractivity contribution in [2.75, 3.05) is 23.6 Å². The maximum atomic E-state index is 13.5. The fourth-order valence-electron chi connectivity index (χ4n) is 6.30. The molecule has 0 radical (unpaired) electrons. The zero-order valence-electron chi connectivity index (χ0n) is 30.9. The van der Waals surface area contributed by atoms with Crippen LogP contribution in [0.5, 0.6) is 5.75 Å². The molecular formula is C37H47F3N7O5PS. The number of aryl methyl sites for hydroxylation is 1. The topological polar surface area (TPSA) is 138 Å². The van der Waals surface area contributed by atoms with E-state index in [4.69, 9.17) is 24.3 Å². The van der Waals surface area contributed by atoms with Crippen molar-refractivity contribution in [2.24, 2.45) is 5.92 Å². The number of hydrogen-bond donors (Lipinski definition) is 3. The van der Waals surface area contributed by atoms with E-state index in [9.17, 15) is 18.0 Å². The number of hydrazine groups is 1. The van der Waals surface area contributed by atoms with Crippen LogP contribution < -0.4 is 25.2 Å². The van der Waals surface area contributed by atoms with Gasteiger partial charge in [-0.1, -0.05) is 68.6 Å². The van der Waals surface area contributed by atoms with Crippen LogP contribution in [0.3, 0.4) is 0 Å². The fourth-order valence-corrected chi connectivity index (χ4v) is 8.18. The Balaban J connectivity index is 0.00000245. The predicted molar refractivity (Wildman–Crippen MR) is 204 cm³/mol. The van der Waals surface area contributed by atoms with E-state index in [0.29, 0.717) is 36.7 Å². The van der Waals surface area contributed by atoms with Gasteiger partial charge in [0.2, 0.25) is 5.95 Å². The summed E-state index contributed by atoms with van der Waals surface area (Å²) in [6.07, 6.45) is 2.33. The van der Waals surface area contributed by atoms with E-state index in [1.54, 1.807) is 0 Å². The number of rotatable bonds is 15. The third-order valence-corrected chi connectivity index (χ3v) is 11.1. The van der Waals surface area contributed by atoms with Crippen LogP contribution in [0.4, 0.5) is 24.9 Å². The summed E-state index contributed by atoms with van der Waals surface area (Å²) in [6, 6.07) is 14.8. The summed E-state index contributed by atoms with van der Waals surface area (Å²) in [7, 11) is -1.90. The van der Waals surface area contributed by atoms with Crippen molar-refractivity contribution in [3.05, 3.63) is 77.5 Å². The normalized spacial score (nSPS) is 20.9. The molecule has 4 unspecified atom stereocenters. The van der Waals surface area contributed by atoms with Crippen LogP contribution in [0.2, 0.25) is 0 Å². The highest BCUT2D eigenvalue weighted by Gasteiger charge is 2.54. The molecule has 7 rings (SSSR count). The van der Waals surface area contributed by atoms with Crippen molar-refractivity contribution >= 4 is 49.2 Å². The number of hydrogen-bond acceptors (Lipinski definition) is 12. The highest BCUT2D eigenvalue weighted by atomic mass is 32.2. The first-order chi connectivity index (χ1) is 25.9. The van der Waals surface area contributed by atoms with Crippen molar-refractivity contribution in [3.63, 3.8) is 0 Å². The van der Waals surface area contributed by atoms with Gasteiger partial charge < -0.3 is 28.8 Å². The van der Waals surface area contributed by atoms with E-state index in [0.717, 1.165) is 35.7 Å². The Morgan fingerprint density at radius 3 is 2.52 bits per heavy atom. The van der Waals surface area contributed by atoms with Crippen LogP contribution in [-0.4, -0.2) is 51.1 Å². The summed E-state index contributed by atoms with van der Waals surface area (Å²) in [5.74, 6) is 0.865. The van der Waals surface area contributed by atoms with Crippen molar-refractivity contribution in [2.45, 2.75) is 96.5 Å². The molecule has 54 heavy (non-hydrogen) atoms. The second-order valence-corrected chi connectivity index (χ2v) is 15.3. The molecule has 12 nitrogen and oxygen atoms in total. The number of fused-ring (bicyclic) bond motifs is 1. The number of nitrogens with two attached hydrogens (primary N) is 1. The molecule has 2 aliphatic carbocycles. The fraction of sp³-hybridized carbons (Fsp3) is 0.486. The van der Waals surface area contributed by atoms with Crippen LogP contribution in [0.1, 0.15) is 75.8 Å². The van der Waals surface area contributed by atoms with Crippen molar-refractivity contribution in [1.82, 2.24) is 24.5 Å². The molecule has 4 N–H and O–H groups in total. The third-order valence-electron chi connectivity index (χ3n) is 9.34. The molecule has 292 valence electrons. The number of carbonyl (C=O) groups excluding carboxylic acids is 1. The Hall–Kier alpha value is -3.66. The van der Waals surface area contributed by atoms with Gasteiger partial charge in [-0.15, -0.1) is 0 Å². The van der Waals surface area contributed by atoms with E-state index < -0.39 is 38.4 Å². The Morgan fingerprint density at radius 2 is 1.85 bits per heavy atom. The molecule has 1 aliphatic heterocycles. The molecule has 4 aromatic rings. The Kier molecular flexibility index (Phi) is 12.6. The first kappa shape index (κ1) is 40.0. The van der Waals surface area contributed by atoms with Crippen LogP contribution >= 0.6 is 20.5 Å². The lowest BCUT2D eigenvalue weighted by molar-refractivity contribution is -0.150. The minimum atomic E-state index is -4.57. The van der Waals surface area contributed by atoms with Crippen molar-refractivity contribution in [3.8, 4) is 5.75 Å². The SMILES string of the molecule is CC.CSNN(c1nc(N)nc2c1ccn2C1OC(COP(NC2(C(=O)OCc3ccccc3C(F)(F)F)CC2)Oc2ccc(C)cc2)CC1C)C1CC1. The number of benzene rings is 2. The van der Waals surface area contributed by atoms with Gasteiger partial charge in [0.05, 0.1) is 23.7 Å². The van der Waals surface area contributed by atoms with Gasteiger partial charge in [-0.2, -0.15) is 28.0 Å². The summed E-state index contributed by atoms with van der Waals surface area (Å²) in [6.45, 7) is 7.71. The second-order valence-electron chi connectivity index (χ2n) is 13.5. The van der Waals surface area contributed by atoms with E-state index in [-0.39, 0.29) is 36.4 Å². The average molecular weight is 790 g/mol. The molecule has 1 saturated heterocycles. The molecule has 2 aromatic carbocycles. The summed E-state index contributed by atoms with van der Waals surface area (Å²) in [4.78, 5) is 25.8. The van der Waals surface area contributed by atoms with Gasteiger partial charge in [-0.25, -0.2) is 5.09 Å². The first-order valence-electron chi connectivity index (χ1n) is 18.1. The number of aromatic nitrogens is 3. The summed E-state index contributed by atoms with van der Waals surface area (Å²) in [5.41, 5.74) is 5.84. The number of carbonyl (C=O) groups is 1. The highest BCUT2D eigenvalue weighted by molar-refractivity contribution is 7.96. The summed E-state index contributed by atoms with van der Waals surface area (Å²) in [5, 5.41) is 6.13. The second kappa shape index (κ2) is 17.0. The largest absolute Gasteiger partial charge is 0.459 e. The number of halogens is 3. The molecule has 0 bridgehead atoms. The number of esters is 1. The van der Waals surface area contributed by atoms with Crippen molar-refractivity contribution < 1.29 is 36.5 Å². The average Bonchev–Trinajstić information content (AvgIpc) is 4.08. The molecule has 3 fully saturated rings. The number of nitrogen functional groups attached to an aromatic ring is 1. The Morgan fingerprint density at radius 1 is 1.13 bits per heavy atom. The van der Waals surface area contributed by atoms with Crippen LogP contribution in [-0.2, 0) is 31.6 Å². The van der Waals surface area contributed by atoms with Gasteiger partial charge in [0.15, 0.2) is 5.82 Å². The number of nitrogens with one attached hydrogen (secondary N) is 2. The molecule has 2 aromatic heterocycles. The minimum Gasteiger partial charge on any atom is -0.459 e. The quantitative estimate of drug-likeness (QED) is 0.0463. The third kappa shape index (κ3) is 9.23. The van der Waals surface area contributed by atoms with E-state index >= 15 is 0 Å². The zero-order valence-corrected chi connectivity index (χ0v) is 32.6. The number of alkyl halides is 3. The maximum Gasteiger partial charge on any atom is 0.416 e. The number of ether oxygens (including phenoxy) is 2. The molecule has 17 heteroatoms. The Bertz CT molecular complexity index is 1890. The number of anilines is 2. The number of nitrogens with zero attached hydrogens (tertiary/aromatic N) is 4. The highest BCUT2D eigenvalue weighted by Crippen LogP contribution is 2.48. The standard InChI is InChI=1S/C35H41F3N7O5PS.C2H6/c1-21-8-12-25(13-9-21)50-51(42-34(15-16-34)32(46)47-19-23-6-4-5-7-28(23)35(36,37)38)48-20-26-18-22(2)31(49-26)44-17-14-27-29(44)40-33(39)41-30(27)45(43-52-3)24-10-11-24;1-2/h4-9,12-14,17,22,24,26,31,42-43H,10-11,15-16,18-20H2,1-3H3,(H2,39,40,41);1-2H3. The van der Waals surface area contributed by atoms with E-state index in [1.807, 2.05) is 68.1 Å². The van der Waals surface area contributed by atoms with Crippen LogP contribution in [0.25, 0.3) is 11.0 Å². The lowest BCUT2D eigenvalue weighted by atomic mass is 10.1. The molecule has 2 saturated carbocycles. The van der Waals surface area contributed by atoms with Gasteiger partial charge >= 0.3 is 20.7 Å². The van der Waals surface area contributed by atoms with Crippen LogP contribution in [0.15, 0.2) is 60.8 Å². The molecule has 0 spiro atoms. The lowest BCUT2D eigenvalue weighted by Crippen LogP contribution is -2.39. The van der Waals surface area contributed by atoms with Gasteiger partial charge in [-0.3, -0.25) is 9.80 Å². The maximum absolute atomic E-state index is 13.5. The minimum absolute atomic E-state index is 0.0919. The lowest BCUT2D eigenvalue weighted by Gasteiger charge is -2.25. The summed E-state index contributed by atoms with van der Waals surface area (Å²) >= 11 is 1.49. The van der Waals surface area contributed by atoms with Gasteiger partial charge in [0.25, 0.3) is 0 Å². The van der Waals surface area contributed by atoms with E-state index in [1.165, 1.54) is 30.1 Å². The van der Waals surface area contributed by atoms with Gasteiger partial charge in [-0.05, 0) is 69.5 Å². The molecule has 4 atom stereocenters. The molecule has 0 amide bonds. The monoisotopic (exact) mass is 789 g/mol. The van der Waals surface area contributed by atoms with Crippen molar-refractivity contribution in [1.29, 1.82) is 0 Å². The smallest absolute Gasteiger partial charge is 0.416 e. The molecular weight excluding hydrogens is 742 g/mol. The van der Waals surface area contributed by atoms with Gasteiger partial charge in [0.1, 0.15) is 29.8 Å². The molecule has 3 aliphatic rings. The predicted octanol–water partition coefficient (Wildman–Crippen LogP) is 8.23. The molecule has 3 heterocycles. The van der Waals surface area contributed by atoms with E-state index in [2.05, 4.69) is 31.8 Å². The van der Waals surface area contributed by atoms with Crippen LogP contribution in [0, 0.1) is 12.8 Å². The summed E-state index contributed by atoms with van der Waals surface area (Å²) < 4.78 is 67.2.